The Balaban J connectivity index is 1.52. The van der Waals surface area contributed by atoms with Crippen LogP contribution in [0, 0.1) is 0 Å². The molecule has 0 bridgehead atoms. The van der Waals surface area contributed by atoms with Crippen molar-refractivity contribution in [2.75, 3.05) is 45.4 Å². The third-order valence-electron chi connectivity index (χ3n) is 4.75. The summed E-state index contributed by atoms with van der Waals surface area (Å²) in [6.45, 7) is 3.54. The minimum absolute atomic E-state index is 0.00499. The lowest BCUT2D eigenvalue weighted by Gasteiger charge is -2.28. The number of carbonyl (C=O) groups is 1. The number of aryl methyl sites for hydroxylation is 1. The van der Waals surface area contributed by atoms with E-state index in [0.717, 1.165) is 43.2 Å². The molecule has 2 aromatic rings. The molecule has 0 unspecified atom stereocenters. The lowest BCUT2D eigenvalue weighted by atomic mass is 10.1. The van der Waals surface area contributed by atoms with Crippen molar-refractivity contribution < 1.29 is 19.0 Å². The number of aromatic nitrogens is 1. The van der Waals surface area contributed by atoms with Crippen LogP contribution in [0.5, 0.6) is 11.5 Å². The zero-order valence-electron chi connectivity index (χ0n) is 16.4. The summed E-state index contributed by atoms with van der Waals surface area (Å²) in [4.78, 5) is 19.0. The number of morpholine rings is 1. The number of hydrogen-bond acceptors (Lipinski definition) is 6. The molecule has 1 N–H and O–H groups in total. The highest BCUT2D eigenvalue weighted by molar-refractivity contribution is 5.76. The van der Waals surface area contributed by atoms with Gasteiger partial charge in [-0.2, -0.15) is 0 Å². The SMILES string of the molecule is COc1cccc(CNC(=O)CCc2ccnc(N3CCOCC3)c2)c1OC. The van der Waals surface area contributed by atoms with Crippen LogP contribution in [0.2, 0.25) is 0 Å². The second kappa shape index (κ2) is 9.94. The first kappa shape index (κ1) is 19.9. The average molecular weight is 385 g/mol. The molecule has 1 amide bonds. The Morgan fingerprint density at radius 1 is 1.21 bits per heavy atom. The molecule has 150 valence electrons. The Morgan fingerprint density at radius 3 is 2.79 bits per heavy atom. The summed E-state index contributed by atoms with van der Waals surface area (Å²) in [7, 11) is 3.19. The van der Waals surface area contributed by atoms with Crippen LogP contribution in [-0.2, 0) is 22.5 Å². The number of carbonyl (C=O) groups excluding carboxylic acids is 1. The van der Waals surface area contributed by atoms with Gasteiger partial charge in [-0.15, -0.1) is 0 Å². The molecule has 7 heteroatoms. The number of hydrogen-bond donors (Lipinski definition) is 1. The lowest BCUT2D eigenvalue weighted by molar-refractivity contribution is -0.121. The Labute approximate surface area is 165 Å². The lowest BCUT2D eigenvalue weighted by Crippen LogP contribution is -2.36. The smallest absolute Gasteiger partial charge is 0.220 e. The summed E-state index contributed by atoms with van der Waals surface area (Å²) >= 11 is 0. The zero-order valence-corrected chi connectivity index (χ0v) is 16.4. The second-order valence-corrected chi connectivity index (χ2v) is 6.55. The van der Waals surface area contributed by atoms with Crippen molar-refractivity contribution in [2.45, 2.75) is 19.4 Å². The highest BCUT2D eigenvalue weighted by Crippen LogP contribution is 2.30. The van der Waals surface area contributed by atoms with Crippen LogP contribution in [0.3, 0.4) is 0 Å². The molecule has 1 fully saturated rings. The standard InChI is InChI=1S/C21H27N3O4/c1-26-18-5-3-4-17(21(18)27-2)15-23-20(25)7-6-16-8-9-22-19(14-16)24-10-12-28-13-11-24/h3-5,8-9,14H,6-7,10-13,15H2,1-2H3,(H,23,25). The minimum Gasteiger partial charge on any atom is -0.493 e. The van der Waals surface area contributed by atoms with Gasteiger partial charge in [-0.1, -0.05) is 12.1 Å². The van der Waals surface area contributed by atoms with E-state index in [9.17, 15) is 4.79 Å². The first-order chi connectivity index (χ1) is 13.7. The summed E-state index contributed by atoms with van der Waals surface area (Å²) in [6, 6.07) is 9.65. The number of benzene rings is 1. The van der Waals surface area contributed by atoms with Crippen molar-refractivity contribution in [1.29, 1.82) is 0 Å². The van der Waals surface area contributed by atoms with Crippen LogP contribution in [-0.4, -0.2) is 51.4 Å². The maximum atomic E-state index is 12.3. The highest BCUT2D eigenvalue weighted by atomic mass is 16.5. The van der Waals surface area contributed by atoms with Crippen molar-refractivity contribution in [3.05, 3.63) is 47.7 Å². The molecule has 0 saturated carbocycles. The summed E-state index contributed by atoms with van der Waals surface area (Å²) in [6.07, 6.45) is 2.89. The second-order valence-electron chi connectivity index (χ2n) is 6.55. The molecule has 0 radical (unpaired) electrons. The van der Waals surface area contributed by atoms with Gasteiger partial charge >= 0.3 is 0 Å². The van der Waals surface area contributed by atoms with Crippen LogP contribution < -0.4 is 19.7 Å². The molecule has 2 heterocycles. The van der Waals surface area contributed by atoms with E-state index in [0.29, 0.717) is 30.9 Å². The highest BCUT2D eigenvalue weighted by Gasteiger charge is 2.13. The molecule has 1 aliphatic heterocycles. The fraction of sp³-hybridized carbons (Fsp3) is 0.429. The van der Waals surface area contributed by atoms with Gasteiger partial charge in [0.15, 0.2) is 11.5 Å². The van der Waals surface area contributed by atoms with Crippen LogP contribution in [0.4, 0.5) is 5.82 Å². The van der Waals surface area contributed by atoms with Gasteiger partial charge in [0.1, 0.15) is 5.82 Å². The van der Waals surface area contributed by atoms with Gasteiger partial charge in [0.2, 0.25) is 5.91 Å². The van der Waals surface area contributed by atoms with Crippen LogP contribution in [0.15, 0.2) is 36.5 Å². The predicted molar refractivity (Wildman–Crippen MR) is 107 cm³/mol. The van der Waals surface area contributed by atoms with Gasteiger partial charge in [0.25, 0.3) is 0 Å². The fourth-order valence-corrected chi connectivity index (χ4v) is 3.21. The number of pyridine rings is 1. The van der Waals surface area contributed by atoms with E-state index in [1.165, 1.54) is 0 Å². The molecule has 1 aliphatic rings. The third-order valence-corrected chi connectivity index (χ3v) is 4.75. The monoisotopic (exact) mass is 385 g/mol. The van der Waals surface area contributed by atoms with E-state index >= 15 is 0 Å². The number of anilines is 1. The largest absolute Gasteiger partial charge is 0.493 e. The van der Waals surface area contributed by atoms with Crippen molar-refractivity contribution in [2.24, 2.45) is 0 Å². The summed E-state index contributed by atoms with van der Waals surface area (Å²) in [5.74, 6) is 2.24. The van der Waals surface area contributed by atoms with Crippen LogP contribution in [0.25, 0.3) is 0 Å². The van der Waals surface area contributed by atoms with Crippen molar-refractivity contribution >= 4 is 11.7 Å². The molecule has 1 aromatic heterocycles. The predicted octanol–water partition coefficient (Wildman–Crippen LogP) is 2.18. The van der Waals surface area contributed by atoms with E-state index in [1.807, 2.05) is 24.3 Å². The van der Waals surface area contributed by atoms with E-state index in [1.54, 1.807) is 20.4 Å². The van der Waals surface area contributed by atoms with E-state index in [-0.39, 0.29) is 5.91 Å². The molecule has 0 aliphatic carbocycles. The molecule has 0 atom stereocenters. The van der Waals surface area contributed by atoms with E-state index in [4.69, 9.17) is 14.2 Å². The van der Waals surface area contributed by atoms with E-state index in [2.05, 4.69) is 21.3 Å². The number of para-hydroxylation sites is 1. The number of rotatable bonds is 8. The van der Waals surface area contributed by atoms with Crippen LogP contribution in [0.1, 0.15) is 17.5 Å². The zero-order chi connectivity index (χ0) is 19.8. The quantitative estimate of drug-likeness (QED) is 0.751. The Kier molecular flexibility index (Phi) is 7.08. The Hall–Kier alpha value is -2.80. The Morgan fingerprint density at radius 2 is 2.04 bits per heavy atom. The number of nitrogens with one attached hydrogen (secondary N) is 1. The topological polar surface area (TPSA) is 72.9 Å². The van der Waals surface area contributed by atoms with Crippen LogP contribution >= 0.6 is 0 Å². The molecule has 3 rings (SSSR count). The first-order valence-corrected chi connectivity index (χ1v) is 9.45. The number of ether oxygens (including phenoxy) is 3. The van der Waals surface area contributed by atoms with Gasteiger partial charge in [-0.3, -0.25) is 4.79 Å². The fourth-order valence-electron chi connectivity index (χ4n) is 3.21. The average Bonchev–Trinajstić information content (AvgIpc) is 2.76. The molecule has 1 saturated heterocycles. The van der Waals surface area contributed by atoms with Gasteiger partial charge in [0.05, 0.1) is 27.4 Å². The molecular formula is C21H27N3O4. The summed E-state index contributed by atoms with van der Waals surface area (Å²) in [5.41, 5.74) is 1.99. The molecule has 7 nitrogen and oxygen atoms in total. The van der Waals surface area contributed by atoms with Crippen molar-refractivity contribution in [1.82, 2.24) is 10.3 Å². The molecule has 1 aromatic carbocycles. The minimum atomic E-state index is -0.00499. The summed E-state index contributed by atoms with van der Waals surface area (Å²) in [5, 5.41) is 2.96. The maximum absolute atomic E-state index is 12.3. The Bertz CT molecular complexity index is 791. The molecule has 28 heavy (non-hydrogen) atoms. The van der Waals surface area contributed by atoms with Gasteiger partial charge in [-0.25, -0.2) is 4.98 Å². The van der Waals surface area contributed by atoms with Crippen molar-refractivity contribution in [3.8, 4) is 11.5 Å². The first-order valence-electron chi connectivity index (χ1n) is 9.45. The van der Waals surface area contributed by atoms with E-state index < -0.39 is 0 Å². The normalized spacial score (nSPS) is 13.9. The number of nitrogens with zero attached hydrogens (tertiary/aromatic N) is 2. The van der Waals surface area contributed by atoms with Gasteiger partial charge in [0, 0.05) is 37.8 Å². The van der Waals surface area contributed by atoms with Crippen molar-refractivity contribution in [3.63, 3.8) is 0 Å². The number of amides is 1. The molecular weight excluding hydrogens is 358 g/mol. The number of methoxy groups -OCH3 is 2. The molecule has 0 spiro atoms. The van der Waals surface area contributed by atoms with Gasteiger partial charge in [-0.05, 0) is 30.2 Å². The third kappa shape index (κ3) is 5.13. The van der Waals surface area contributed by atoms with Gasteiger partial charge < -0.3 is 24.4 Å². The summed E-state index contributed by atoms with van der Waals surface area (Å²) < 4.78 is 16.1. The maximum Gasteiger partial charge on any atom is 0.220 e.